The monoisotopic (exact) mass is 610 g/mol. The summed E-state index contributed by atoms with van der Waals surface area (Å²) in [6.07, 6.45) is 9.09. The number of aromatic nitrogens is 5. The quantitative estimate of drug-likeness (QED) is 0.232. The Labute approximate surface area is 268 Å². The Morgan fingerprint density at radius 1 is 1.00 bits per heavy atom. The van der Waals surface area contributed by atoms with E-state index in [9.17, 15) is 4.79 Å². The van der Waals surface area contributed by atoms with Gasteiger partial charge in [-0.05, 0) is 90.3 Å². The number of Topliss-reactive ketones (excluding diaryl/α,β-unsaturated/α-hetero) is 1. The van der Waals surface area contributed by atoms with E-state index in [0.29, 0.717) is 11.8 Å². The fourth-order valence-corrected chi connectivity index (χ4v) is 7.16. The lowest BCUT2D eigenvalue weighted by Crippen LogP contribution is -2.41. The maximum atomic E-state index is 13.6. The molecule has 3 aliphatic rings. The summed E-state index contributed by atoms with van der Waals surface area (Å²) in [6, 6.07) is 12.8. The van der Waals surface area contributed by atoms with Crippen LogP contribution in [0, 0.1) is 19.3 Å². The lowest BCUT2D eigenvalue weighted by molar-refractivity contribution is -0.140. The summed E-state index contributed by atoms with van der Waals surface area (Å²) in [4.78, 5) is 21.1. The molecule has 1 aromatic carbocycles. The lowest BCUT2D eigenvalue weighted by atomic mass is 9.76. The number of anilines is 1. The Bertz CT molecular complexity index is 1680. The van der Waals surface area contributed by atoms with Gasteiger partial charge in [0, 0.05) is 42.5 Å². The molecule has 0 amide bonds. The van der Waals surface area contributed by atoms with Crippen LogP contribution in [0.3, 0.4) is 0 Å². The minimum atomic E-state index is -0.714. The Morgan fingerprint density at radius 3 is 2.49 bits per heavy atom. The molecule has 0 unspecified atom stereocenters. The molecule has 45 heavy (non-hydrogen) atoms. The summed E-state index contributed by atoms with van der Waals surface area (Å²) < 4.78 is 10.6. The number of aryl methyl sites for hydroxylation is 3. The van der Waals surface area contributed by atoms with Gasteiger partial charge in [-0.2, -0.15) is 14.7 Å². The zero-order valence-electron chi connectivity index (χ0n) is 28.3. The molecule has 8 heteroatoms. The average Bonchev–Trinajstić information content (AvgIpc) is 3.59. The van der Waals surface area contributed by atoms with E-state index >= 15 is 0 Å². The van der Waals surface area contributed by atoms with Crippen LogP contribution in [0.1, 0.15) is 115 Å². The summed E-state index contributed by atoms with van der Waals surface area (Å²) in [5, 5.41) is 10.1. The molecule has 1 saturated heterocycles. The fraction of sp³-hybridized carbons (Fsp3) is 0.568. The van der Waals surface area contributed by atoms with Crippen LogP contribution in [0.5, 0.6) is 0 Å². The summed E-state index contributed by atoms with van der Waals surface area (Å²) >= 11 is 0. The van der Waals surface area contributed by atoms with Crippen molar-refractivity contribution in [1.29, 1.82) is 0 Å². The lowest BCUT2D eigenvalue weighted by Gasteiger charge is -2.42. The van der Waals surface area contributed by atoms with E-state index in [2.05, 4.69) is 59.8 Å². The van der Waals surface area contributed by atoms with Gasteiger partial charge in [-0.25, -0.2) is 9.67 Å². The predicted molar refractivity (Wildman–Crippen MR) is 180 cm³/mol. The van der Waals surface area contributed by atoms with Gasteiger partial charge in [0.1, 0.15) is 11.9 Å². The molecule has 7 rings (SSSR count). The molecule has 0 spiro atoms. The fourth-order valence-electron chi connectivity index (χ4n) is 7.16. The largest absolute Gasteiger partial charge is 0.360 e. The Morgan fingerprint density at radius 2 is 1.76 bits per heavy atom. The van der Waals surface area contributed by atoms with Crippen LogP contribution < -0.4 is 4.90 Å². The van der Waals surface area contributed by atoms with Gasteiger partial charge < -0.3 is 9.64 Å². The van der Waals surface area contributed by atoms with Crippen molar-refractivity contribution in [2.45, 2.75) is 118 Å². The molecular weight excluding hydrogens is 560 g/mol. The third kappa shape index (κ3) is 6.57. The molecule has 1 fully saturated rings. The number of carbonyl (C=O) groups excluding carboxylic acids is 1. The predicted octanol–water partition coefficient (Wildman–Crippen LogP) is 8.15. The van der Waals surface area contributed by atoms with Crippen LogP contribution in [0.25, 0.3) is 22.6 Å². The molecule has 0 saturated carbocycles. The average molecular weight is 611 g/mol. The molecule has 6 heterocycles. The molecular formula is C37H50N6O2. The van der Waals surface area contributed by atoms with Gasteiger partial charge in [-0.15, -0.1) is 0 Å². The van der Waals surface area contributed by atoms with Crippen molar-refractivity contribution in [3.63, 3.8) is 0 Å². The molecule has 6 bridgehead atoms. The zero-order valence-corrected chi connectivity index (χ0v) is 28.3. The minimum absolute atomic E-state index is 0.0631. The molecule has 4 aromatic rings. The highest BCUT2D eigenvalue weighted by atomic mass is 16.5. The van der Waals surface area contributed by atoms with Crippen LogP contribution in [0.2, 0.25) is 0 Å². The number of hydrogen-bond acceptors (Lipinski definition) is 6. The highest BCUT2D eigenvalue weighted by Gasteiger charge is 2.36. The van der Waals surface area contributed by atoms with Crippen LogP contribution in [0.4, 0.5) is 5.82 Å². The number of carbonyl (C=O) groups is 1. The number of hydrogen-bond donors (Lipinski definition) is 0. The summed E-state index contributed by atoms with van der Waals surface area (Å²) in [6.45, 7) is 16.3. The second-order valence-electron chi connectivity index (χ2n) is 14.6. The SMILES string of the molecule is CCC(=O)[C@@H](OC(C)(C)C)c1c(C)nc2cc3nn2c1N1CCC(C)(CCCCCCc2cc(C)nn2-c2cccc-3c2)CC1. The number of rotatable bonds is 4. The molecule has 8 nitrogen and oxygen atoms in total. The molecule has 0 radical (unpaired) electrons. The third-order valence-corrected chi connectivity index (χ3v) is 9.70. The van der Waals surface area contributed by atoms with E-state index in [0.717, 1.165) is 77.7 Å². The van der Waals surface area contributed by atoms with Crippen LogP contribution in [0.15, 0.2) is 36.4 Å². The van der Waals surface area contributed by atoms with Crippen LogP contribution in [-0.4, -0.2) is 48.9 Å². The second kappa shape index (κ2) is 12.3. The first-order valence-corrected chi connectivity index (χ1v) is 17.0. The van der Waals surface area contributed by atoms with Gasteiger partial charge >= 0.3 is 0 Å². The van der Waals surface area contributed by atoms with E-state index in [4.69, 9.17) is 19.9 Å². The second-order valence-corrected chi connectivity index (χ2v) is 14.6. The maximum absolute atomic E-state index is 13.6. The summed E-state index contributed by atoms with van der Waals surface area (Å²) in [5.41, 5.74) is 7.45. The van der Waals surface area contributed by atoms with Crippen molar-refractivity contribution in [2.75, 3.05) is 18.0 Å². The van der Waals surface area contributed by atoms with Gasteiger partial charge in [0.25, 0.3) is 0 Å². The summed E-state index contributed by atoms with van der Waals surface area (Å²) in [5.74, 6) is 1.01. The zero-order chi connectivity index (χ0) is 31.9. The van der Waals surface area contributed by atoms with Crippen molar-refractivity contribution in [3.8, 4) is 16.9 Å². The van der Waals surface area contributed by atoms with E-state index in [1.807, 2.05) is 39.1 Å². The smallest absolute Gasteiger partial charge is 0.166 e. The number of benzene rings is 1. The standard InChI is InChI=1S/C37H50N6O2/c1-8-31(44)34(45-36(4,5)6)33-26(3)38-32-24-30-27-14-13-16-29(23-27)42-28(22-25(2)39-42)15-11-9-10-12-17-37(7)18-20-41(21-19-37)35(33)43(32)40-30/h13-14,16,22-24,34H,8-12,15,17-21H2,1-7H3/t34-/m1/s1. The van der Waals surface area contributed by atoms with Gasteiger partial charge in [0.2, 0.25) is 0 Å². The molecule has 1 atom stereocenters. The molecule has 3 aliphatic heterocycles. The Balaban J connectivity index is 1.54. The molecule has 0 N–H and O–H groups in total. The van der Waals surface area contributed by atoms with E-state index in [1.54, 1.807) is 0 Å². The van der Waals surface area contributed by atoms with Gasteiger partial charge in [-0.3, -0.25) is 4.79 Å². The molecule has 240 valence electrons. The minimum Gasteiger partial charge on any atom is -0.360 e. The first kappa shape index (κ1) is 31.5. The topological polar surface area (TPSA) is 77.6 Å². The van der Waals surface area contributed by atoms with E-state index in [-0.39, 0.29) is 5.78 Å². The van der Waals surface area contributed by atoms with Crippen molar-refractivity contribution < 1.29 is 9.53 Å². The first-order valence-electron chi connectivity index (χ1n) is 17.0. The van der Waals surface area contributed by atoms with E-state index < -0.39 is 11.7 Å². The van der Waals surface area contributed by atoms with Crippen LogP contribution in [-0.2, 0) is 16.0 Å². The Kier molecular flexibility index (Phi) is 8.63. The number of ether oxygens (including phenoxy) is 1. The van der Waals surface area contributed by atoms with Crippen LogP contribution >= 0.6 is 0 Å². The van der Waals surface area contributed by atoms with Crippen molar-refractivity contribution in [1.82, 2.24) is 24.4 Å². The van der Waals surface area contributed by atoms with Gasteiger partial charge in [0.15, 0.2) is 11.4 Å². The van der Waals surface area contributed by atoms with Crippen molar-refractivity contribution >= 4 is 17.2 Å². The first-order chi connectivity index (χ1) is 21.4. The maximum Gasteiger partial charge on any atom is 0.166 e. The highest BCUT2D eigenvalue weighted by molar-refractivity contribution is 5.86. The molecule has 3 aromatic heterocycles. The van der Waals surface area contributed by atoms with E-state index in [1.165, 1.54) is 37.8 Å². The number of fused-ring (bicyclic) bond motifs is 7. The summed E-state index contributed by atoms with van der Waals surface area (Å²) in [7, 11) is 0. The van der Waals surface area contributed by atoms with Crippen molar-refractivity contribution in [3.05, 3.63) is 59.0 Å². The highest BCUT2D eigenvalue weighted by Crippen LogP contribution is 2.42. The number of nitrogens with zero attached hydrogens (tertiary/aromatic N) is 6. The third-order valence-electron chi connectivity index (χ3n) is 9.70. The number of ketones is 1. The Hall–Kier alpha value is -3.52. The number of piperidine rings is 1. The van der Waals surface area contributed by atoms with Gasteiger partial charge in [0.05, 0.1) is 28.2 Å². The molecule has 0 aliphatic carbocycles. The van der Waals surface area contributed by atoms with Gasteiger partial charge in [-0.1, -0.05) is 45.2 Å². The van der Waals surface area contributed by atoms with Crippen molar-refractivity contribution in [2.24, 2.45) is 5.41 Å². The normalized spacial score (nSPS) is 18.0.